The lowest BCUT2D eigenvalue weighted by atomic mass is 9.99. The van der Waals surface area contributed by atoms with Crippen LogP contribution in [0.4, 0.5) is 0 Å². The molecule has 0 radical (unpaired) electrons. The Morgan fingerprint density at radius 1 is 1.17 bits per heavy atom. The second-order valence-electron chi connectivity index (χ2n) is 6.36. The monoisotopic (exact) mass is 319 g/mol. The summed E-state index contributed by atoms with van der Waals surface area (Å²) in [5, 5.41) is 0. The highest BCUT2D eigenvalue weighted by atomic mass is 16.5. The Bertz CT molecular complexity index is 515. The number of benzene rings is 1. The van der Waals surface area contributed by atoms with Crippen LogP contribution in [0.1, 0.15) is 56.8 Å². The first kappa shape index (κ1) is 17.6. The Labute approximate surface area is 139 Å². The number of hydrogen-bond donors (Lipinski definition) is 0. The molecule has 1 saturated heterocycles. The summed E-state index contributed by atoms with van der Waals surface area (Å²) in [7, 11) is 0. The van der Waals surface area contributed by atoms with Gasteiger partial charge in [-0.1, -0.05) is 20.8 Å². The maximum atomic E-state index is 12.7. The van der Waals surface area contributed by atoms with Crippen molar-refractivity contribution >= 4 is 5.91 Å². The highest BCUT2D eigenvalue weighted by Gasteiger charge is 2.23. The Balaban J connectivity index is 2.15. The number of ether oxygens (including phenoxy) is 2. The molecule has 1 aromatic rings. The zero-order valence-corrected chi connectivity index (χ0v) is 14.6. The molecule has 0 N–H and O–H groups in total. The van der Waals surface area contributed by atoms with Crippen LogP contribution in [-0.4, -0.2) is 37.1 Å². The van der Waals surface area contributed by atoms with Crippen LogP contribution < -0.4 is 9.47 Å². The highest BCUT2D eigenvalue weighted by molar-refractivity contribution is 5.95. The molecule has 23 heavy (non-hydrogen) atoms. The number of carbonyl (C=O) groups excluding carboxylic acids is 1. The minimum absolute atomic E-state index is 0.0972. The summed E-state index contributed by atoms with van der Waals surface area (Å²) in [6, 6.07) is 5.55. The molecule has 0 aliphatic carbocycles. The van der Waals surface area contributed by atoms with E-state index in [0.717, 1.165) is 38.1 Å². The molecule has 1 atom stereocenters. The molecule has 128 valence electrons. The van der Waals surface area contributed by atoms with E-state index in [1.165, 1.54) is 6.42 Å². The van der Waals surface area contributed by atoms with Gasteiger partial charge < -0.3 is 14.4 Å². The van der Waals surface area contributed by atoms with Gasteiger partial charge in [0.15, 0.2) is 11.5 Å². The summed E-state index contributed by atoms with van der Waals surface area (Å²) in [5.41, 5.74) is 0.689. The molecule has 1 aliphatic rings. The van der Waals surface area contributed by atoms with Crippen LogP contribution in [0.2, 0.25) is 0 Å². The van der Waals surface area contributed by atoms with Crippen molar-refractivity contribution in [2.75, 3.05) is 26.3 Å². The van der Waals surface area contributed by atoms with Gasteiger partial charge in [0.05, 0.1) is 13.2 Å². The van der Waals surface area contributed by atoms with Crippen LogP contribution >= 0.6 is 0 Å². The van der Waals surface area contributed by atoms with Gasteiger partial charge in [0.1, 0.15) is 0 Å². The summed E-state index contributed by atoms with van der Waals surface area (Å²) in [5.74, 6) is 2.08. The molecule has 4 heteroatoms. The van der Waals surface area contributed by atoms with Gasteiger partial charge in [-0.2, -0.15) is 0 Å². The number of nitrogens with zero attached hydrogens (tertiary/aromatic N) is 1. The lowest BCUT2D eigenvalue weighted by Gasteiger charge is -2.31. The summed E-state index contributed by atoms with van der Waals surface area (Å²) in [6.07, 6.45) is 4.16. The van der Waals surface area contributed by atoms with Gasteiger partial charge in [-0.15, -0.1) is 0 Å². The van der Waals surface area contributed by atoms with E-state index < -0.39 is 0 Å². The average Bonchev–Trinajstić information content (AvgIpc) is 2.57. The molecular weight excluding hydrogens is 290 g/mol. The van der Waals surface area contributed by atoms with E-state index in [1.807, 2.05) is 23.1 Å². The van der Waals surface area contributed by atoms with E-state index in [0.29, 0.717) is 30.4 Å². The second kappa shape index (κ2) is 8.80. The van der Waals surface area contributed by atoms with Crippen molar-refractivity contribution in [3.05, 3.63) is 23.8 Å². The third-order valence-corrected chi connectivity index (χ3v) is 4.06. The zero-order valence-electron chi connectivity index (χ0n) is 14.6. The quantitative estimate of drug-likeness (QED) is 0.758. The van der Waals surface area contributed by atoms with Crippen molar-refractivity contribution < 1.29 is 14.3 Å². The normalized spacial score (nSPS) is 17.9. The van der Waals surface area contributed by atoms with Crippen molar-refractivity contribution in [2.24, 2.45) is 5.92 Å². The van der Waals surface area contributed by atoms with Crippen molar-refractivity contribution in [3.8, 4) is 11.5 Å². The van der Waals surface area contributed by atoms with E-state index in [9.17, 15) is 4.79 Å². The van der Waals surface area contributed by atoms with Gasteiger partial charge in [-0.05, 0) is 49.8 Å². The van der Waals surface area contributed by atoms with Crippen LogP contribution in [0.15, 0.2) is 18.2 Å². The van der Waals surface area contributed by atoms with Crippen LogP contribution in [-0.2, 0) is 0 Å². The predicted octanol–water partition coefficient (Wildman–Crippen LogP) is 4.14. The Kier molecular flexibility index (Phi) is 6.75. The van der Waals surface area contributed by atoms with Gasteiger partial charge in [-0.3, -0.25) is 4.79 Å². The number of amides is 1. The fourth-order valence-electron chi connectivity index (χ4n) is 2.85. The molecule has 1 aromatic carbocycles. The van der Waals surface area contributed by atoms with Gasteiger partial charge >= 0.3 is 0 Å². The molecular formula is C19H29NO3. The topological polar surface area (TPSA) is 38.8 Å². The maximum absolute atomic E-state index is 12.7. The van der Waals surface area contributed by atoms with E-state index in [2.05, 4.69) is 20.8 Å². The van der Waals surface area contributed by atoms with Gasteiger partial charge in [-0.25, -0.2) is 0 Å². The minimum Gasteiger partial charge on any atom is -0.490 e. The third-order valence-electron chi connectivity index (χ3n) is 4.06. The van der Waals surface area contributed by atoms with Crippen molar-refractivity contribution in [1.82, 2.24) is 4.90 Å². The van der Waals surface area contributed by atoms with E-state index in [-0.39, 0.29) is 5.91 Å². The smallest absolute Gasteiger partial charge is 0.254 e. The standard InChI is InChI=1S/C19H29NO3/c1-4-11-22-17-9-8-16(13-18(17)23-12-5-2)19(21)20-10-6-7-15(3)14-20/h8-9,13,15H,4-7,10-12,14H2,1-3H3. The highest BCUT2D eigenvalue weighted by Crippen LogP contribution is 2.30. The Morgan fingerprint density at radius 3 is 2.52 bits per heavy atom. The minimum atomic E-state index is 0.0972. The second-order valence-corrected chi connectivity index (χ2v) is 6.36. The third kappa shape index (κ3) is 4.88. The SMILES string of the molecule is CCCOc1ccc(C(=O)N2CCCC(C)C2)cc1OCCC. The number of carbonyl (C=O) groups is 1. The summed E-state index contributed by atoms with van der Waals surface area (Å²) < 4.78 is 11.5. The van der Waals surface area contributed by atoms with E-state index >= 15 is 0 Å². The molecule has 0 bridgehead atoms. The van der Waals surface area contributed by atoms with Crippen LogP contribution in [0.25, 0.3) is 0 Å². The van der Waals surface area contributed by atoms with Crippen molar-refractivity contribution in [1.29, 1.82) is 0 Å². The van der Waals surface area contributed by atoms with E-state index in [1.54, 1.807) is 0 Å². The first-order valence-electron chi connectivity index (χ1n) is 8.84. The number of hydrogen-bond acceptors (Lipinski definition) is 3. The van der Waals surface area contributed by atoms with Gasteiger partial charge in [0.2, 0.25) is 0 Å². The van der Waals surface area contributed by atoms with Crippen LogP contribution in [0.5, 0.6) is 11.5 Å². The molecule has 0 saturated carbocycles. The molecule has 1 amide bonds. The van der Waals surface area contributed by atoms with E-state index in [4.69, 9.17) is 9.47 Å². The van der Waals surface area contributed by atoms with Crippen molar-refractivity contribution in [3.63, 3.8) is 0 Å². The average molecular weight is 319 g/mol. The molecule has 1 unspecified atom stereocenters. The lowest BCUT2D eigenvalue weighted by molar-refractivity contribution is 0.0682. The van der Waals surface area contributed by atoms with Gasteiger partial charge in [0, 0.05) is 18.7 Å². The Morgan fingerprint density at radius 2 is 1.87 bits per heavy atom. The number of piperidine rings is 1. The molecule has 0 spiro atoms. The molecule has 2 rings (SSSR count). The molecule has 1 heterocycles. The first-order valence-corrected chi connectivity index (χ1v) is 8.84. The largest absolute Gasteiger partial charge is 0.490 e. The first-order chi connectivity index (χ1) is 11.2. The zero-order chi connectivity index (χ0) is 16.7. The number of rotatable bonds is 7. The molecule has 1 fully saturated rings. The van der Waals surface area contributed by atoms with Gasteiger partial charge in [0.25, 0.3) is 5.91 Å². The van der Waals surface area contributed by atoms with Crippen LogP contribution in [0, 0.1) is 5.92 Å². The molecule has 1 aliphatic heterocycles. The number of likely N-dealkylation sites (tertiary alicyclic amines) is 1. The predicted molar refractivity (Wildman–Crippen MR) is 92.3 cm³/mol. The summed E-state index contributed by atoms with van der Waals surface area (Å²) in [4.78, 5) is 14.7. The Hall–Kier alpha value is -1.71. The fraction of sp³-hybridized carbons (Fsp3) is 0.632. The molecule has 0 aromatic heterocycles. The fourth-order valence-corrected chi connectivity index (χ4v) is 2.85. The summed E-state index contributed by atoms with van der Waals surface area (Å²) in [6.45, 7) is 9.32. The summed E-state index contributed by atoms with van der Waals surface area (Å²) >= 11 is 0. The maximum Gasteiger partial charge on any atom is 0.254 e. The lowest BCUT2D eigenvalue weighted by Crippen LogP contribution is -2.39. The van der Waals surface area contributed by atoms with Crippen LogP contribution in [0.3, 0.4) is 0 Å². The van der Waals surface area contributed by atoms with Crippen molar-refractivity contribution in [2.45, 2.75) is 46.5 Å². The molecule has 4 nitrogen and oxygen atoms in total.